The number of carbonyl (C=O) groups is 1. The van der Waals surface area contributed by atoms with Gasteiger partial charge in [0.2, 0.25) is 5.65 Å². The highest BCUT2D eigenvalue weighted by Gasteiger charge is 2.24. The van der Waals surface area contributed by atoms with Gasteiger partial charge < -0.3 is 14.8 Å². The molecule has 0 aliphatic heterocycles. The molecule has 164 valence electrons. The fraction of sp³-hybridized carbons (Fsp3) is 0.261. The molecule has 32 heavy (non-hydrogen) atoms. The Morgan fingerprint density at radius 1 is 1.12 bits per heavy atom. The van der Waals surface area contributed by atoms with Crippen molar-refractivity contribution in [3.8, 4) is 28.3 Å². The minimum Gasteiger partial charge on any atom is -0.493 e. The van der Waals surface area contributed by atoms with E-state index in [1.165, 1.54) is 0 Å². The van der Waals surface area contributed by atoms with Crippen molar-refractivity contribution in [2.24, 2.45) is 0 Å². The van der Waals surface area contributed by atoms with Crippen LogP contribution in [0.25, 0.3) is 33.7 Å². The summed E-state index contributed by atoms with van der Waals surface area (Å²) in [4.78, 5) is 30.7. The number of rotatable bonds is 7. The molecule has 9 nitrogen and oxygen atoms in total. The van der Waals surface area contributed by atoms with Gasteiger partial charge in [0, 0.05) is 5.41 Å². The lowest BCUT2D eigenvalue weighted by molar-refractivity contribution is -0.138. The van der Waals surface area contributed by atoms with Gasteiger partial charge >= 0.3 is 5.97 Å². The first kappa shape index (κ1) is 21.2. The summed E-state index contributed by atoms with van der Waals surface area (Å²) in [6.45, 7) is 6.13. The topological polar surface area (TPSA) is 134 Å². The second kappa shape index (κ2) is 8.26. The minimum atomic E-state index is -0.839. The lowest BCUT2D eigenvalue weighted by atomic mass is 9.80. The van der Waals surface area contributed by atoms with Crippen LogP contribution in [0.4, 0.5) is 0 Å². The molecule has 0 amide bonds. The average Bonchev–Trinajstić information content (AvgIpc) is 3.22. The Hall–Kier alpha value is -4.01. The zero-order chi connectivity index (χ0) is 22.9. The third-order valence-corrected chi connectivity index (χ3v) is 5.30. The number of aliphatic carboxylic acids is 1. The van der Waals surface area contributed by atoms with Gasteiger partial charge in [-0.25, -0.2) is 4.98 Å². The molecular formula is C23H23N5O4. The van der Waals surface area contributed by atoms with E-state index < -0.39 is 16.9 Å². The van der Waals surface area contributed by atoms with Gasteiger partial charge in [-0.15, -0.1) is 10.2 Å². The van der Waals surface area contributed by atoms with E-state index in [0.29, 0.717) is 23.7 Å². The summed E-state index contributed by atoms with van der Waals surface area (Å²) in [5, 5.41) is 19.4. The van der Waals surface area contributed by atoms with Gasteiger partial charge in [-0.2, -0.15) is 5.21 Å². The number of aromatic nitrogens is 5. The molecule has 0 saturated carbocycles. The molecule has 0 atom stereocenters. The number of aromatic amines is 2. The van der Waals surface area contributed by atoms with E-state index >= 15 is 0 Å². The van der Waals surface area contributed by atoms with Crippen LogP contribution in [0, 0.1) is 0 Å². The molecule has 2 aromatic carbocycles. The summed E-state index contributed by atoms with van der Waals surface area (Å²) in [6.07, 6.45) is 0.0309. The van der Waals surface area contributed by atoms with E-state index in [9.17, 15) is 14.7 Å². The smallest absolute Gasteiger partial charge is 0.304 e. The average molecular weight is 433 g/mol. The van der Waals surface area contributed by atoms with E-state index in [1.807, 2.05) is 63.2 Å². The van der Waals surface area contributed by atoms with Crippen LogP contribution in [0.3, 0.4) is 0 Å². The molecule has 3 N–H and O–H groups in total. The minimum absolute atomic E-state index is 0.0309. The maximum atomic E-state index is 12.3. The van der Waals surface area contributed by atoms with Crippen LogP contribution >= 0.6 is 0 Å². The van der Waals surface area contributed by atoms with Crippen LogP contribution in [0.1, 0.15) is 32.8 Å². The molecule has 0 bridgehead atoms. The maximum absolute atomic E-state index is 12.3. The molecule has 2 heterocycles. The number of H-pyrrole nitrogens is 2. The second-order valence-electron chi connectivity index (χ2n) is 8.09. The molecule has 0 spiro atoms. The van der Waals surface area contributed by atoms with Crippen LogP contribution in [0.15, 0.2) is 47.3 Å². The van der Waals surface area contributed by atoms with Gasteiger partial charge in [0.1, 0.15) is 11.6 Å². The third kappa shape index (κ3) is 4.09. The van der Waals surface area contributed by atoms with Crippen molar-refractivity contribution in [1.82, 2.24) is 25.4 Å². The zero-order valence-electron chi connectivity index (χ0n) is 18.0. The van der Waals surface area contributed by atoms with Gasteiger partial charge in [0.15, 0.2) is 5.52 Å². The van der Waals surface area contributed by atoms with E-state index in [1.54, 1.807) is 0 Å². The number of carboxylic acids is 1. The summed E-state index contributed by atoms with van der Waals surface area (Å²) in [6, 6.07) is 13.4. The Morgan fingerprint density at radius 2 is 1.91 bits per heavy atom. The fourth-order valence-corrected chi connectivity index (χ4v) is 3.66. The number of hydrogen-bond acceptors (Lipinski definition) is 6. The predicted octanol–water partition coefficient (Wildman–Crippen LogP) is 3.53. The molecule has 4 aromatic rings. The summed E-state index contributed by atoms with van der Waals surface area (Å²) in [7, 11) is 0. The van der Waals surface area contributed by atoms with Crippen molar-refractivity contribution >= 4 is 17.1 Å². The fourth-order valence-electron chi connectivity index (χ4n) is 3.66. The number of nitrogens with zero attached hydrogens (tertiary/aromatic N) is 3. The summed E-state index contributed by atoms with van der Waals surface area (Å²) in [5.74, 6) is 0.0582. The highest BCUT2D eigenvalue weighted by atomic mass is 16.5. The first-order chi connectivity index (χ1) is 15.3. The van der Waals surface area contributed by atoms with Gasteiger partial charge in [-0.1, -0.05) is 44.2 Å². The van der Waals surface area contributed by atoms with Crippen LogP contribution < -0.4 is 10.3 Å². The maximum Gasteiger partial charge on any atom is 0.304 e. The number of benzene rings is 2. The Labute approximate surface area is 183 Å². The van der Waals surface area contributed by atoms with E-state index in [2.05, 4.69) is 25.4 Å². The van der Waals surface area contributed by atoms with Gasteiger partial charge in [-0.05, 0) is 35.7 Å². The molecule has 9 heteroatoms. The molecule has 4 rings (SSSR count). The largest absolute Gasteiger partial charge is 0.493 e. The van der Waals surface area contributed by atoms with Gasteiger partial charge in [0.25, 0.3) is 5.56 Å². The van der Waals surface area contributed by atoms with Crippen molar-refractivity contribution in [1.29, 1.82) is 0 Å². The Kier molecular flexibility index (Phi) is 5.48. The first-order valence-electron chi connectivity index (χ1n) is 10.2. The van der Waals surface area contributed by atoms with Crippen molar-refractivity contribution in [2.75, 3.05) is 6.61 Å². The van der Waals surface area contributed by atoms with Crippen molar-refractivity contribution in [2.45, 2.75) is 32.6 Å². The van der Waals surface area contributed by atoms with Crippen molar-refractivity contribution in [3.05, 3.63) is 58.4 Å². The van der Waals surface area contributed by atoms with Crippen LogP contribution in [0.5, 0.6) is 5.75 Å². The molecule has 0 unspecified atom stereocenters. The van der Waals surface area contributed by atoms with Gasteiger partial charge in [-0.3, -0.25) is 9.59 Å². The van der Waals surface area contributed by atoms with Crippen molar-refractivity contribution in [3.63, 3.8) is 0 Å². The molecule has 0 aliphatic carbocycles. The molecular weight excluding hydrogens is 410 g/mol. The molecule has 2 aromatic heterocycles. The monoisotopic (exact) mass is 433 g/mol. The lowest BCUT2D eigenvalue weighted by Crippen LogP contribution is -2.21. The Morgan fingerprint density at radius 3 is 2.66 bits per heavy atom. The van der Waals surface area contributed by atoms with E-state index in [4.69, 9.17) is 4.74 Å². The Bertz CT molecular complexity index is 1360. The predicted molar refractivity (Wildman–Crippen MR) is 120 cm³/mol. The summed E-state index contributed by atoms with van der Waals surface area (Å²) in [5.41, 5.74) is 2.85. The standard InChI is InChI=1S/C23H23N5O4/c1-4-32-17-11-14(13-6-5-7-15(10-13)23(2,3)12-18(29)30)8-9-16(17)20-24-21-19(22(31)25-20)26-28-27-21/h5-11H,4,12H2,1-3H3,(H,29,30)(H2,24,25,26,27,28,31). The van der Waals surface area contributed by atoms with Crippen molar-refractivity contribution < 1.29 is 14.6 Å². The molecule has 0 aliphatic rings. The van der Waals surface area contributed by atoms with E-state index in [0.717, 1.165) is 16.7 Å². The summed E-state index contributed by atoms with van der Waals surface area (Å²) < 4.78 is 5.85. The van der Waals surface area contributed by atoms with Gasteiger partial charge in [0.05, 0.1) is 18.6 Å². The molecule has 0 saturated heterocycles. The lowest BCUT2D eigenvalue weighted by Gasteiger charge is -2.24. The molecule has 0 radical (unpaired) electrons. The SMILES string of the molecule is CCOc1cc(-c2cccc(C(C)(C)CC(=O)O)c2)ccc1-c1nc2n[nH]nc2c(=O)[nH]1. The van der Waals surface area contributed by atoms with Crippen LogP contribution in [-0.4, -0.2) is 43.1 Å². The summed E-state index contributed by atoms with van der Waals surface area (Å²) >= 11 is 0. The highest BCUT2D eigenvalue weighted by molar-refractivity contribution is 5.77. The third-order valence-electron chi connectivity index (χ3n) is 5.30. The quantitative estimate of drug-likeness (QED) is 0.406. The Balaban J connectivity index is 1.77. The first-order valence-corrected chi connectivity index (χ1v) is 10.2. The second-order valence-corrected chi connectivity index (χ2v) is 8.09. The number of fused-ring (bicyclic) bond motifs is 1. The van der Waals surface area contributed by atoms with Crippen LogP contribution in [0.2, 0.25) is 0 Å². The normalized spacial score (nSPS) is 11.6. The van der Waals surface area contributed by atoms with Crippen LogP contribution in [-0.2, 0) is 10.2 Å². The molecule has 0 fully saturated rings. The number of nitrogens with one attached hydrogen (secondary N) is 2. The number of hydrogen-bond donors (Lipinski definition) is 3. The van der Waals surface area contributed by atoms with E-state index in [-0.39, 0.29) is 17.6 Å². The zero-order valence-corrected chi connectivity index (χ0v) is 18.0. The number of ether oxygens (including phenoxy) is 1. The number of carboxylic acid groups (broad SMARTS) is 1. The highest BCUT2D eigenvalue weighted by Crippen LogP contribution is 2.35.